The molecular formula is C14H20ClN. The summed E-state index contributed by atoms with van der Waals surface area (Å²) in [7, 11) is 0. The standard InChI is InChI=1S/C14H20ClN/c1-11-5-12(2)7-13(6-11)8-16-10-14(9-15)3-4-14/h5-7,16H,3-4,8-10H2,1-2H3. The van der Waals surface area contributed by atoms with Crippen LogP contribution in [0.25, 0.3) is 0 Å². The van der Waals surface area contributed by atoms with Gasteiger partial charge in [0.05, 0.1) is 0 Å². The van der Waals surface area contributed by atoms with Gasteiger partial charge in [-0.05, 0) is 37.7 Å². The molecule has 1 fully saturated rings. The highest BCUT2D eigenvalue weighted by Crippen LogP contribution is 2.45. The zero-order valence-electron chi connectivity index (χ0n) is 10.1. The highest BCUT2D eigenvalue weighted by molar-refractivity contribution is 6.18. The number of alkyl halides is 1. The maximum absolute atomic E-state index is 5.95. The third-order valence-corrected chi connectivity index (χ3v) is 3.92. The zero-order valence-corrected chi connectivity index (χ0v) is 10.9. The summed E-state index contributed by atoms with van der Waals surface area (Å²) >= 11 is 5.95. The second kappa shape index (κ2) is 4.77. The molecular weight excluding hydrogens is 218 g/mol. The summed E-state index contributed by atoms with van der Waals surface area (Å²) in [6, 6.07) is 6.71. The number of aryl methyl sites for hydroxylation is 2. The van der Waals surface area contributed by atoms with Crippen molar-refractivity contribution in [2.24, 2.45) is 5.41 Å². The van der Waals surface area contributed by atoms with E-state index in [9.17, 15) is 0 Å². The molecule has 1 aromatic carbocycles. The van der Waals surface area contributed by atoms with Gasteiger partial charge < -0.3 is 5.32 Å². The lowest BCUT2D eigenvalue weighted by Crippen LogP contribution is -2.24. The highest BCUT2D eigenvalue weighted by Gasteiger charge is 2.40. The Morgan fingerprint density at radius 2 is 1.81 bits per heavy atom. The summed E-state index contributed by atoms with van der Waals surface area (Å²) in [5.74, 6) is 0.798. The van der Waals surface area contributed by atoms with E-state index >= 15 is 0 Å². The minimum Gasteiger partial charge on any atom is -0.312 e. The molecule has 16 heavy (non-hydrogen) atoms. The lowest BCUT2D eigenvalue weighted by molar-refractivity contribution is 0.504. The Bertz CT molecular complexity index is 349. The fourth-order valence-corrected chi connectivity index (χ4v) is 2.54. The number of benzene rings is 1. The number of hydrogen-bond acceptors (Lipinski definition) is 1. The Balaban J connectivity index is 1.85. The predicted molar refractivity (Wildman–Crippen MR) is 70.0 cm³/mol. The normalized spacial score (nSPS) is 17.4. The van der Waals surface area contributed by atoms with Crippen LogP contribution in [0.2, 0.25) is 0 Å². The lowest BCUT2D eigenvalue weighted by atomic mass is 10.1. The summed E-state index contributed by atoms with van der Waals surface area (Å²) in [6.45, 7) is 6.32. The van der Waals surface area contributed by atoms with Crippen LogP contribution in [0, 0.1) is 19.3 Å². The number of nitrogens with one attached hydrogen (secondary N) is 1. The molecule has 1 aliphatic rings. The summed E-state index contributed by atoms with van der Waals surface area (Å²) in [4.78, 5) is 0. The molecule has 0 aliphatic heterocycles. The highest BCUT2D eigenvalue weighted by atomic mass is 35.5. The fraction of sp³-hybridized carbons (Fsp3) is 0.571. The van der Waals surface area contributed by atoms with Crippen molar-refractivity contribution in [2.45, 2.75) is 33.2 Å². The van der Waals surface area contributed by atoms with Crippen molar-refractivity contribution >= 4 is 11.6 Å². The summed E-state index contributed by atoms with van der Waals surface area (Å²) in [5, 5.41) is 3.53. The molecule has 0 heterocycles. The maximum atomic E-state index is 5.95. The minimum atomic E-state index is 0.417. The first-order valence-electron chi connectivity index (χ1n) is 5.97. The Morgan fingerprint density at radius 1 is 1.19 bits per heavy atom. The van der Waals surface area contributed by atoms with Crippen molar-refractivity contribution < 1.29 is 0 Å². The molecule has 2 rings (SSSR count). The van der Waals surface area contributed by atoms with E-state index in [0.29, 0.717) is 5.41 Å². The van der Waals surface area contributed by atoms with Crippen molar-refractivity contribution in [3.63, 3.8) is 0 Å². The first kappa shape index (κ1) is 11.9. The van der Waals surface area contributed by atoms with E-state index in [0.717, 1.165) is 19.0 Å². The predicted octanol–water partition coefficient (Wildman–Crippen LogP) is 3.41. The monoisotopic (exact) mass is 237 g/mol. The quantitative estimate of drug-likeness (QED) is 0.774. The van der Waals surface area contributed by atoms with Crippen LogP contribution in [0.15, 0.2) is 18.2 Å². The van der Waals surface area contributed by atoms with Crippen LogP contribution >= 0.6 is 11.6 Å². The van der Waals surface area contributed by atoms with E-state index in [1.54, 1.807) is 0 Å². The van der Waals surface area contributed by atoms with Gasteiger partial charge in [0, 0.05) is 19.0 Å². The Kier molecular flexibility index (Phi) is 3.56. The van der Waals surface area contributed by atoms with Gasteiger partial charge in [0.25, 0.3) is 0 Å². The molecule has 0 radical (unpaired) electrons. The molecule has 1 aliphatic carbocycles. The fourth-order valence-electron chi connectivity index (χ4n) is 2.18. The molecule has 0 unspecified atom stereocenters. The first-order valence-corrected chi connectivity index (χ1v) is 6.51. The Morgan fingerprint density at radius 3 is 2.31 bits per heavy atom. The van der Waals surface area contributed by atoms with Gasteiger partial charge in [0.2, 0.25) is 0 Å². The molecule has 88 valence electrons. The van der Waals surface area contributed by atoms with Crippen LogP contribution < -0.4 is 5.32 Å². The first-order chi connectivity index (χ1) is 7.63. The van der Waals surface area contributed by atoms with Crippen LogP contribution in [0.4, 0.5) is 0 Å². The molecule has 1 nitrogen and oxygen atoms in total. The van der Waals surface area contributed by atoms with Crippen molar-refractivity contribution in [1.29, 1.82) is 0 Å². The van der Waals surface area contributed by atoms with Gasteiger partial charge in [-0.3, -0.25) is 0 Å². The van der Waals surface area contributed by atoms with E-state index in [4.69, 9.17) is 11.6 Å². The van der Waals surface area contributed by atoms with Gasteiger partial charge >= 0.3 is 0 Å². The van der Waals surface area contributed by atoms with Crippen LogP contribution in [0.3, 0.4) is 0 Å². The molecule has 0 aromatic heterocycles. The summed E-state index contributed by atoms with van der Waals surface area (Å²) in [6.07, 6.45) is 2.58. The van der Waals surface area contributed by atoms with Gasteiger partial charge in [-0.25, -0.2) is 0 Å². The van der Waals surface area contributed by atoms with Gasteiger partial charge in [0.1, 0.15) is 0 Å². The molecule has 0 bridgehead atoms. The molecule has 1 N–H and O–H groups in total. The third-order valence-electron chi connectivity index (χ3n) is 3.35. The van der Waals surface area contributed by atoms with Crippen LogP contribution in [0.1, 0.15) is 29.5 Å². The maximum Gasteiger partial charge on any atom is 0.0292 e. The van der Waals surface area contributed by atoms with Gasteiger partial charge in [-0.15, -0.1) is 11.6 Å². The second-order valence-corrected chi connectivity index (χ2v) is 5.50. The average Bonchev–Trinajstić information content (AvgIpc) is 2.97. The van der Waals surface area contributed by atoms with E-state index in [-0.39, 0.29) is 0 Å². The van der Waals surface area contributed by atoms with E-state index in [1.807, 2.05) is 0 Å². The van der Waals surface area contributed by atoms with Crippen LogP contribution in [-0.2, 0) is 6.54 Å². The molecule has 0 saturated heterocycles. The van der Waals surface area contributed by atoms with Gasteiger partial charge in [0.15, 0.2) is 0 Å². The smallest absolute Gasteiger partial charge is 0.0292 e. The number of halogens is 1. The third kappa shape index (κ3) is 2.99. The number of rotatable bonds is 5. The Labute approximate surface area is 103 Å². The lowest BCUT2D eigenvalue weighted by Gasteiger charge is -2.13. The minimum absolute atomic E-state index is 0.417. The van der Waals surface area contributed by atoms with Crippen molar-refractivity contribution in [2.75, 3.05) is 12.4 Å². The molecule has 0 amide bonds. The summed E-state index contributed by atoms with van der Waals surface area (Å²) in [5.41, 5.74) is 4.48. The van der Waals surface area contributed by atoms with E-state index in [1.165, 1.54) is 29.5 Å². The van der Waals surface area contributed by atoms with E-state index < -0.39 is 0 Å². The Hall–Kier alpha value is -0.530. The van der Waals surface area contributed by atoms with Crippen LogP contribution in [-0.4, -0.2) is 12.4 Å². The average molecular weight is 238 g/mol. The molecule has 1 saturated carbocycles. The van der Waals surface area contributed by atoms with Crippen LogP contribution in [0.5, 0.6) is 0 Å². The van der Waals surface area contributed by atoms with Gasteiger partial charge in [-0.2, -0.15) is 0 Å². The summed E-state index contributed by atoms with van der Waals surface area (Å²) < 4.78 is 0. The molecule has 2 heteroatoms. The largest absolute Gasteiger partial charge is 0.312 e. The molecule has 1 aromatic rings. The van der Waals surface area contributed by atoms with Crippen molar-refractivity contribution in [1.82, 2.24) is 5.32 Å². The van der Waals surface area contributed by atoms with E-state index in [2.05, 4.69) is 37.4 Å². The van der Waals surface area contributed by atoms with Crippen molar-refractivity contribution in [3.8, 4) is 0 Å². The van der Waals surface area contributed by atoms with Crippen molar-refractivity contribution in [3.05, 3.63) is 34.9 Å². The second-order valence-electron chi connectivity index (χ2n) is 5.23. The SMILES string of the molecule is Cc1cc(C)cc(CNCC2(CCl)CC2)c1. The van der Waals surface area contributed by atoms with Gasteiger partial charge in [-0.1, -0.05) is 29.3 Å². The number of hydrogen-bond donors (Lipinski definition) is 1. The topological polar surface area (TPSA) is 12.0 Å². The zero-order chi connectivity index (χ0) is 11.6. The molecule has 0 spiro atoms. The molecule has 0 atom stereocenters.